The van der Waals surface area contributed by atoms with E-state index < -0.39 is 17.6 Å². The Morgan fingerprint density at radius 3 is 2.64 bits per heavy atom. The summed E-state index contributed by atoms with van der Waals surface area (Å²) in [5.41, 5.74) is 6.90. The molecule has 2 aromatic rings. The van der Waals surface area contributed by atoms with E-state index in [1.807, 2.05) is 6.07 Å². The van der Waals surface area contributed by atoms with E-state index in [1.54, 1.807) is 0 Å². The number of primary amides is 1. The van der Waals surface area contributed by atoms with Gasteiger partial charge in [0.2, 0.25) is 0 Å². The van der Waals surface area contributed by atoms with Crippen LogP contribution in [0.15, 0.2) is 18.2 Å². The molecule has 1 aromatic carbocycles. The van der Waals surface area contributed by atoms with Crippen molar-refractivity contribution in [3.8, 4) is 6.07 Å². The molecule has 3 N–H and O–H groups in total. The number of nitrogens with two attached hydrogens (primary N) is 1. The van der Waals surface area contributed by atoms with Crippen molar-refractivity contribution in [2.45, 2.75) is 40.0 Å². The highest BCUT2D eigenvalue weighted by atomic mass is 32.1. The number of benzene rings is 1. The zero-order chi connectivity index (χ0) is 20.6. The first kappa shape index (κ1) is 20.0. The van der Waals surface area contributed by atoms with Crippen LogP contribution in [-0.4, -0.2) is 11.8 Å². The van der Waals surface area contributed by atoms with Gasteiger partial charge in [-0.15, -0.1) is 11.3 Å². The fraction of sp³-hybridized carbons (Fsp3) is 0.381. The SMILES string of the molecule is CC(C)(C)[C@@H]1CCc2c(sc(NC(=O)c3ccc(C#N)cc3F)c2C(N)=O)C1. The van der Waals surface area contributed by atoms with Gasteiger partial charge in [0.05, 0.1) is 22.8 Å². The number of amides is 2. The van der Waals surface area contributed by atoms with Gasteiger partial charge in [-0.25, -0.2) is 4.39 Å². The first-order valence-electron chi connectivity index (χ1n) is 9.07. The molecule has 28 heavy (non-hydrogen) atoms. The molecule has 7 heteroatoms. The maximum absolute atomic E-state index is 14.2. The second-order valence-electron chi connectivity index (χ2n) is 8.14. The van der Waals surface area contributed by atoms with Crippen LogP contribution in [0, 0.1) is 28.5 Å². The summed E-state index contributed by atoms with van der Waals surface area (Å²) in [6.07, 6.45) is 2.50. The number of carbonyl (C=O) groups excluding carboxylic acids is 2. The number of nitrogens with zero attached hydrogens (tertiary/aromatic N) is 1. The number of fused-ring (bicyclic) bond motifs is 1. The van der Waals surface area contributed by atoms with Crippen molar-refractivity contribution in [1.29, 1.82) is 5.26 Å². The fourth-order valence-electron chi connectivity index (χ4n) is 3.61. The number of rotatable bonds is 3. The molecular weight excluding hydrogens is 377 g/mol. The minimum atomic E-state index is -0.786. The Morgan fingerprint density at radius 2 is 2.07 bits per heavy atom. The maximum Gasteiger partial charge on any atom is 0.259 e. The minimum Gasteiger partial charge on any atom is -0.365 e. The van der Waals surface area contributed by atoms with Gasteiger partial charge in [-0.3, -0.25) is 9.59 Å². The van der Waals surface area contributed by atoms with Crippen molar-refractivity contribution in [1.82, 2.24) is 0 Å². The number of nitriles is 1. The molecule has 0 unspecified atom stereocenters. The predicted octanol–water partition coefficient (Wildman–Crippen LogP) is 4.26. The molecule has 146 valence electrons. The molecule has 1 heterocycles. The van der Waals surface area contributed by atoms with Crippen LogP contribution in [0.1, 0.15) is 63.9 Å². The number of nitrogens with one attached hydrogen (secondary N) is 1. The standard InChI is InChI=1S/C21H22FN3O2S/c1-21(2,3)12-5-7-14-16(9-12)28-20(17(14)18(24)26)25-19(27)13-6-4-11(10-23)8-15(13)22/h4,6,8,12H,5,7,9H2,1-3H3,(H2,24,26)(H,25,27)/t12-/m1/s1. The average Bonchev–Trinajstić information content (AvgIpc) is 2.97. The third-order valence-corrected chi connectivity index (χ3v) is 6.48. The molecule has 5 nitrogen and oxygen atoms in total. The van der Waals surface area contributed by atoms with Crippen LogP contribution < -0.4 is 11.1 Å². The highest BCUT2D eigenvalue weighted by molar-refractivity contribution is 7.17. The van der Waals surface area contributed by atoms with Crippen molar-refractivity contribution in [2.24, 2.45) is 17.1 Å². The number of hydrogen-bond donors (Lipinski definition) is 2. The van der Waals surface area contributed by atoms with Crippen LogP contribution in [0.5, 0.6) is 0 Å². The lowest BCUT2D eigenvalue weighted by molar-refractivity contribution is 0.1000. The highest BCUT2D eigenvalue weighted by Gasteiger charge is 2.33. The van der Waals surface area contributed by atoms with E-state index in [1.165, 1.54) is 23.5 Å². The van der Waals surface area contributed by atoms with Gasteiger partial charge in [0.25, 0.3) is 11.8 Å². The van der Waals surface area contributed by atoms with Crippen molar-refractivity contribution in [3.05, 3.63) is 51.1 Å². The summed E-state index contributed by atoms with van der Waals surface area (Å²) in [5.74, 6) is -1.58. The Bertz CT molecular complexity index is 998. The molecule has 1 aromatic heterocycles. The fourth-order valence-corrected chi connectivity index (χ4v) is 4.94. The van der Waals surface area contributed by atoms with Crippen LogP contribution in [-0.2, 0) is 12.8 Å². The molecule has 1 atom stereocenters. The van der Waals surface area contributed by atoms with Gasteiger partial charge in [0, 0.05) is 4.88 Å². The topological polar surface area (TPSA) is 96.0 Å². The number of anilines is 1. The third kappa shape index (κ3) is 3.78. The summed E-state index contributed by atoms with van der Waals surface area (Å²) >= 11 is 1.34. The van der Waals surface area contributed by atoms with Gasteiger partial charge in [0.1, 0.15) is 10.8 Å². The van der Waals surface area contributed by atoms with E-state index >= 15 is 0 Å². The van der Waals surface area contributed by atoms with E-state index in [2.05, 4.69) is 26.1 Å². The number of hydrogen-bond acceptors (Lipinski definition) is 4. The highest BCUT2D eigenvalue weighted by Crippen LogP contribution is 2.44. The van der Waals surface area contributed by atoms with E-state index in [4.69, 9.17) is 11.0 Å². The van der Waals surface area contributed by atoms with Crippen LogP contribution in [0.25, 0.3) is 0 Å². The lowest BCUT2D eigenvalue weighted by Gasteiger charge is -2.33. The molecule has 1 aliphatic carbocycles. The molecule has 0 spiro atoms. The van der Waals surface area contributed by atoms with Gasteiger partial charge < -0.3 is 11.1 Å². The molecule has 0 fully saturated rings. The summed E-state index contributed by atoms with van der Waals surface area (Å²) < 4.78 is 14.2. The molecule has 0 saturated carbocycles. The van der Waals surface area contributed by atoms with Crippen molar-refractivity contribution in [2.75, 3.05) is 5.32 Å². The summed E-state index contributed by atoms with van der Waals surface area (Å²) in [5, 5.41) is 11.8. The summed E-state index contributed by atoms with van der Waals surface area (Å²) in [6, 6.07) is 5.47. The Morgan fingerprint density at radius 1 is 1.36 bits per heavy atom. The normalized spacial score (nSPS) is 16.2. The largest absolute Gasteiger partial charge is 0.365 e. The first-order chi connectivity index (χ1) is 13.1. The molecular formula is C21H22FN3O2S. The Balaban J connectivity index is 1.93. The lowest BCUT2D eigenvalue weighted by Crippen LogP contribution is -2.27. The van der Waals surface area contributed by atoms with Gasteiger partial charge >= 0.3 is 0 Å². The Hall–Kier alpha value is -2.72. The smallest absolute Gasteiger partial charge is 0.259 e. The van der Waals surface area contributed by atoms with Crippen LogP contribution >= 0.6 is 11.3 Å². The molecule has 1 aliphatic rings. The maximum atomic E-state index is 14.2. The van der Waals surface area contributed by atoms with E-state index in [-0.39, 0.29) is 16.5 Å². The zero-order valence-corrected chi connectivity index (χ0v) is 16.9. The average molecular weight is 399 g/mol. The molecule has 0 radical (unpaired) electrons. The monoisotopic (exact) mass is 399 g/mol. The van der Waals surface area contributed by atoms with Crippen molar-refractivity contribution < 1.29 is 14.0 Å². The van der Waals surface area contributed by atoms with Crippen LogP contribution in [0.4, 0.5) is 9.39 Å². The van der Waals surface area contributed by atoms with Gasteiger partial charge in [-0.1, -0.05) is 20.8 Å². The number of halogens is 1. The minimum absolute atomic E-state index is 0.131. The molecule has 0 saturated heterocycles. The quantitative estimate of drug-likeness (QED) is 0.807. The first-order valence-corrected chi connectivity index (χ1v) is 9.88. The predicted molar refractivity (Wildman–Crippen MR) is 107 cm³/mol. The van der Waals surface area contributed by atoms with Gasteiger partial charge in [-0.2, -0.15) is 5.26 Å². The number of thiophene rings is 1. The lowest BCUT2D eigenvalue weighted by atomic mass is 9.72. The number of carbonyl (C=O) groups is 2. The molecule has 3 rings (SSSR count). The van der Waals surface area contributed by atoms with Crippen molar-refractivity contribution in [3.63, 3.8) is 0 Å². The van der Waals surface area contributed by atoms with Crippen molar-refractivity contribution >= 4 is 28.2 Å². The second kappa shape index (κ2) is 7.36. The van der Waals surface area contributed by atoms with Crippen LogP contribution in [0.3, 0.4) is 0 Å². The molecule has 0 aliphatic heterocycles. The van der Waals surface area contributed by atoms with Gasteiger partial charge in [-0.05, 0) is 54.4 Å². The molecule has 0 bridgehead atoms. The van der Waals surface area contributed by atoms with Gasteiger partial charge in [0.15, 0.2) is 0 Å². The molecule has 2 amide bonds. The van der Waals surface area contributed by atoms with E-state index in [9.17, 15) is 14.0 Å². The van der Waals surface area contributed by atoms with Crippen LogP contribution in [0.2, 0.25) is 0 Å². The Kier molecular flexibility index (Phi) is 5.26. The van der Waals surface area contributed by atoms with E-state index in [0.717, 1.165) is 35.8 Å². The second-order valence-corrected chi connectivity index (χ2v) is 9.24. The third-order valence-electron chi connectivity index (χ3n) is 5.31. The van der Waals surface area contributed by atoms with E-state index in [0.29, 0.717) is 16.5 Å². The summed E-state index contributed by atoms with van der Waals surface area (Å²) in [4.78, 5) is 25.7. The summed E-state index contributed by atoms with van der Waals surface area (Å²) in [7, 11) is 0. The Labute approximate surface area is 167 Å². The zero-order valence-electron chi connectivity index (χ0n) is 16.1. The summed E-state index contributed by atoms with van der Waals surface area (Å²) in [6.45, 7) is 6.59.